The summed E-state index contributed by atoms with van der Waals surface area (Å²) in [5, 5.41) is 13.2. The molecule has 1 N–H and O–H groups in total. The van der Waals surface area contributed by atoms with Crippen LogP contribution in [0, 0.1) is 18.3 Å². The highest BCUT2D eigenvalue weighted by Crippen LogP contribution is 2.35. The van der Waals surface area contributed by atoms with Crippen LogP contribution in [-0.4, -0.2) is 45.9 Å². The van der Waals surface area contributed by atoms with Crippen molar-refractivity contribution in [3.8, 4) is 6.07 Å². The van der Waals surface area contributed by atoms with Crippen LogP contribution in [0.15, 0.2) is 52.4 Å². The molecule has 2 aromatic heterocycles. The number of nitrogens with zero attached hydrogens (tertiary/aromatic N) is 4. The van der Waals surface area contributed by atoms with Crippen molar-refractivity contribution >= 4 is 29.4 Å². The number of benzene rings is 1. The van der Waals surface area contributed by atoms with Crippen LogP contribution in [0.25, 0.3) is 11.7 Å². The molecule has 1 amide bonds. The fraction of sp³-hybridized carbons (Fsp3) is 0.346. The zero-order valence-corrected chi connectivity index (χ0v) is 19.6. The van der Waals surface area contributed by atoms with Crippen LogP contribution < -0.4 is 5.32 Å². The third-order valence-corrected chi connectivity index (χ3v) is 7.53. The Morgan fingerprint density at radius 1 is 1.21 bits per heavy atom. The number of pyridine rings is 1. The lowest BCUT2D eigenvalue weighted by atomic mass is 10.0. The van der Waals surface area contributed by atoms with E-state index < -0.39 is 0 Å². The number of rotatable bonds is 6. The second-order valence-corrected chi connectivity index (χ2v) is 9.81. The minimum absolute atomic E-state index is 0.0168. The summed E-state index contributed by atoms with van der Waals surface area (Å²) in [6, 6.07) is 16.3. The summed E-state index contributed by atoms with van der Waals surface area (Å²) in [5.74, 6) is 0.0168. The fourth-order valence-electron chi connectivity index (χ4n) is 4.64. The van der Waals surface area contributed by atoms with Crippen LogP contribution in [0.2, 0.25) is 0 Å². The molecule has 7 heteroatoms. The average Bonchev–Trinajstić information content (AvgIpc) is 3.17. The van der Waals surface area contributed by atoms with E-state index >= 15 is 0 Å². The van der Waals surface area contributed by atoms with Crippen LogP contribution in [0.1, 0.15) is 41.8 Å². The summed E-state index contributed by atoms with van der Waals surface area (Å²) in [7, 11) is 0. The molecule has 0 unspecified atom stereocenters. The Bertz CT molecular complexity index is 1250. The molecule has 33 heavy (non-hydrogen) atoms. The second-order valence-electron chi connectivity index (χ2n) is 8.75. The number of likely N-dealkylation sites (tertiary alicyclic amines) is 1. The monoisotopic (exact) mass is 457 g/mol. The van der Waals surface area contributed by atoms with Gasteiger partial charge in [0.25, 0.3) is 5.91 Å². The van der Waals surface area contributed by atoms with E-state index in [1.807, 2.05) is 55.5 Å². The quantitative estimate of drug-likeness (QED) is 0.601. The number of thioether (sulfide) groups is 1. The second kappa shape index (κ2) is 9.42. The smallest absolute Gasteiger partial charge is 0.258 e. The maximum absolute atomic E-state index is 13.0. The summed E-state index contributed by atoms with van der Waals surface area (Å²) >= 11 is 1.52. The molecular weight excluding hydrogens is 430 g/mol. The Labute approximate surface area is 198 Å². The first-order valence-corrected chi connectivity index (χ1v) is 12.3. The molecule has 0 atom stereocenters. The molecule has 1 saturated heterocycles. The van der Waals surface area contributed by atoms with Crippen LogP contribution in [0.3, 0.4) is 0 Å². The SMILES string of the molecule is Cc1nc2cccc3n2c1C=C(C(=O)NC1CCN(CCCc2ccc(C#N)cc2)CC1)S3. The van der Waals surface area contributed by atoms with Crippen LogP contribution in [-0.2, 0) is 11.2 Å². The van der Waals surface area contributed by atoms with Crippen molar-refractivity contribution in [3.63, 3.8) is 0 Å². The number of amides is 1. The van der Waals surface area contributed by atoms with Gasteiger partial charge in [-0.05, 0) is 75.1 Å². The van der Waals surface area contributed by atoms with Gasteiger partial charge in [-0.15, -0.1) is 0 Å². The summed E-state index contributed by atoms with van der Waals surface area (Å²) in [5.41, 5.74) is 4.86. The number of piperidine rings is 1. The molecule has 0 bridgehead atoms. The van der Waals surface area contributed by atoms with Gasteiger partial charge in [0, 0.05) is 19.1 Å². The van der Waals surface area contributed by atoms with Gasteiger partial charge in [-0.25, -0.2) is 4.98 Å². The highest BCUT2D eigenvalue weighted by Gasteiger charge is 2.25. The molecule has 6 nitrogen and oxygen atoms in total. The Morgan fingerprint density at radius 3 is 2.76 bits per heavy atom. The normalized spacial score (nSPS) is 16.4. The van der Waals surface area contributed by atoms with Gasteiger partial charge >= 0.3 is 0 Å². The van der Waals surface area contributed by atoms with Crippen molar-refractivity contribution in [1.82, 2.24) is 19.6 Å². The Hall–Kier alpha value is -3.08. The highest BCUT2D eigenvalue weighted by atomic mass is 32.2. The van der Waals surface area contributed by atoms with Crippen LogP contribution in [0.4, 0.5) is 0 Å². The number of carbonyl (C=O) groups excluding carboxylic acids is 1. The largest absolute Gasteiger partial charge is 0.349 e. The van der Waals surface area contributed by atoms with Crippen LogP contribution >= 0.6 is 11.8 Å². The van der Waals surface area contributed by atoms with Gasteiger partial charge < -0.3 is 10.2 Å². The van der Waals surface area contributed by atoms with Crippen molar-refractivity contribution < 1.29 is 4.79 Å². The Kier molecular flexibility index (Phi) is 6.21. The van der Waals surface area contributed by atoms with E-state index in [4.69, 9.17) is 5.26 Å². The van der Waals surface area contributed by atoms with E-state index in [1.54, 1.807) is 0 Å². The Balaban J connectivity index is 1.11. The van der Waals surface area contributed by atoms with E-state index in [-0.39, 0.29) is 11.9 Å². The number of hydrogen-bond acceptors (Lipinski definition) is 5. The maximum Gasteiger partial charge on any atom is 0.258 e. The molecule has 2 aliphatic heterocycles. The molecule has 3 aromatic rings. The number of nitriles is 1. The van der Waals surface area contributed by atoms with Crippen molar-refractivity contribution in [2.24, 2.45) is 0 Å². The third kappa shape index (κ3) is 4.68. The predicted octanol–water partition coefficient (Wildman–Crippen LogP) is 4.17. The molecule has 1 aromatic carbocycles. The summed E-state index contributed by atoms with van der Waals surface area (Å²) in [6.07, 6.45) is 6.06. The lowest BCUT2D eigenvalue weighted by molar-refractivity contribution is -0.117. The minimum atomic E-state index is 0.0168. The topological polar surface area (TPSA) is 73.4 Å². The zero-order chi connectivity index (χ0) is 22.8. The van der Waals surface area contributed by atoms with Gasteiger partial charge in [0.15, 0.2) is 0 Å². The lowest BCUT2D eigenvalue weighted by Crippen LogP contribution is -2.45. The molecule has 1 fully saturated rings. The molecule has 2 aliphatic rings. The minimum Gasteiger partial charge on any atom is -0.349 e. The summed E-state index contributed by atoms with van der Waals surface area (Å²) in [4.78, 5) is 20.9. The van der Waals surface area contributed by atoms with E-state index in [2.05, 4.69) is 25.7 Å². The molecule has 0 radical (unpaired) electrons. The Morgan fingerprint density at radius 2 is 2.00 bits per heavy atom. The van der Waals surface area contributed by atoms with Gasteiger partial charge in [0.05, 0.1) is 33.0 Å². The van der Waals surface area contributed by atoms with E-state index in [9.17, 15) is 4.79 Å². The van der Waals surface area contributed by atoms with Crippen molar-refractivity contribution in [2.75, 3.05) is 19.6 Å². The standard InChI is InChI=1S/C26H27N5OS/c1-18-22-16-23(33-25-6-2-5-24(28-18)31(22)25)26(32)29-21-11-14-30(15-12-21)13-3-4-19-7-9-20(17-27)10-8-19/h2,5-10,16,21H,3-4,11-15H2,1H3,(H,29,32). The number of carbonyl (C=O) groups is 1. The lowest BCUT2D eigenvalue weighted by Gasteiger charge is -2.32. The van der Waals surface area contributed by atoms with Gasteiger partial charge in [-0.1, -0.05) is 30.0 Å². The van der Waals surface area contributed by atoms with Crippen molar-refractivity contribution in [3.05, 3.63) is 69.9 Å². The first-order chi connectivity index (χ1) is 16.1. The number of imidazole rings is 1. The van der Waals surface area contributed by atoms with Gasteiger partial charge in [0.2, 0.25) is 0 Å². The molecule has 0 spiro atoms. The molecule has 168 valence electrons. The molecule has 5 rings (SSSR count). The summed E-state index contributed by atoms with van der Waals surface area (Å²) in [6.45, 7) is 5.07. The third-order valence-electron chi connectivity index (χ3n) is 6.48. The van der Waals surface area contributed by atoms with Crippen LogP contribution in [0.5, 0.6) is 0 Å². The van der Waals surface area contributed by atoms with E-state index in [0.717, 1.165) is 72.3 Å². The average molecular weight is 458 g/mol. The van der Waals surface area contributed by atoms with E-state index in [1.165, 1.54) is 17.3 Å². The van der Waals surface area contributed by atoms with Gasteiger partial charge in [0.1, 0.15) is 5.65 Å². The number of aromatic nitrogens is 2. The molecule has 0 saturated carbocycles. The summed E-state index contributed by atoms with van der Waals surface area (Å²) < 4.78 is 2.12. The fourth-order valence-corrected chi connectivity index (χ4v) is 5.61. The zero-order valence-electron chi connectivity index (χ0n) is 18.8. The predicted molar refractivity (Wildman–Crippen MR) is 131 cm³/mol. The van der Waals surface area contributed by atoms with Crippen molar-refractivity contribution in [1.29, 1.82) is 5.26 Å². The molecule has 4 heterocycles. The maximum atomic E-state index is 13.0. The first kappa shape index (κ1) is 21.7. The molecule has 0 aliphatic carbocycles. The van der Waals surface area contributed by atoms with E-state index in [0.29, 0.717) is 5.56 Å². The number of aryl methyl sites for hydroxylation is 2. The van der Waals surface area contributed by atoms with Gasteiger partial charge in [-0.2, -0.15) is 5.26 Å². The molecular formula is C26H27N5OS. The van der Waals surface area contributed by atoms with Gasteiger partial charge in [-0.3, -0.25) is 9.20 Å². The highest BCUT2D eigenvalue weighted by molar-refractivity contribution is 8.04. The first-order valence-electron chi connectivity index (χ1n) is 11.5. The number of nitrogens with one attached hydrogen (secondary N) is 1. The number of hydrogen-bond donors (Lipinski definition) is 1. The van der Waals surface area contributed by atoms with Crippen molar-refractivity contribution in [2.45, 2.75) is 43.7 Å².